The lowest BCUT2D eigenvalue weighted by molar-refractivity contribution is 0.0775. The minimum Gasteiger partial charge on any atom is -0.393 e. The molecule has 3 aliphatic rings. The van der Waals surface area contributed by atoms with E-state index in [2.05, 4.69) is 31.6 Å². The second-order valence-corrected chi connectivity index (χ2v) is 8.67. The fraction of sp³-hybridized carbons (Fsp3) is 0.900. The lowest BCUT2D eigenvalue weighted by Gasteiger charge is -2.39. The van der Waals surface area contributed by atoms with Gasteiger partial charge in [-0.3, -0.25) is 9.80 Å². The smallest absolute Gasteiger partial charge is 0.146 e. The first-order valence-corrected chi connectivity index (χ1v) is 10.7. The Morgan fingerprint density at radius 3 is 2.46 bits per heavy atom. The highest BCUT2D eigenvalue weighted by Crippen LogP contribution is 2.31. The maximum atomic E-state index is 9.69. The number of aromatic nitrogens is 3. The number of aliphatic hydroxyl groups is 1. The molecule has 1 N–H and O–H groups in total. The third-order valence-electron chi connectivity index (χ3n) is 6.83. The molecule has 0 spiro atoms. The Morgan fingerprint density at radius 1 is 0.923 bits per heavy atom. The van der Waals surface area contributed by atoms with E-state index in [1.165, 1.54) is 57.3 Å². The van der Waals surface area contributed by atoms with Crippen LogP contribution in [0.3, 0.4) is 0 Å². The number of piperidine rings is 2. The van der Waals surface area contributed by atoms with Gasteiger partial charge in [0.05, 0.1) is 12.6 Å². The van der Waals surface area contributed by atoms with E-state index in [0.717, 1.165) is 50.9 Å². The first kappa shape index (κ1) is 18.4. The summed E-state index contributed by atoms with van der Waals surface area (Å²) in [5.74, 6) is 2.78. The first-order valence-electron chi connectivity index (χ1n) is 10.7. The first-order chi connectivity index (χ1) is 12.7. The molecular weight excluding hydrogens is 326 g/mol. The number of aliphatic hydroxyl groups excluding tert-OH is 1. The van der Waals surface area contributed by atoms with Crippen LogP contribution in [0.1, 0.15) is 75.4 Å². The minimum absolute atomic E-state index is 0.116. The van der Waals surface area contributed by atoms with Gasteiger partial charge < -0.3 is 9.67 Å². The van der Waals surface area contributed by atoms with E-state index in [-0.39, 0.29) is 6.10 Å². The van der Waals surface area contributed by atoms with Crippen LogP contribution in [0.15, 0.2) is 0 Å². The normalized spacial score (nSPS) is 27.8. The second kappa shape index (κ2) is 8.36. The predicted molar refractivity (Wildman–Crippen MR) is 102 cm³/mol. The van der Waals surface area contributed by atoms with Crippen molar-refractivity contribution in [3.05, 3.63) is 11.6 Å². The fourth-order valence-electron chi connectivity index (χ4n) is 5.14. The van der Waals surface area contributed by atoms with Crippen LogP contribution < -0.4 is 0 Å². The molecule has 26 heavy (non-hydrogen) atoms. The highest BCUT2D eigenvalue weighted by Gasteiger charge is 2.30. The zero-order valence-electron chi connectivity index (χ0n) is 16.3. The lowest BCUT2D eigenvalue weighted by atomic mass is 9.90. The van der Waals surface area contributed by atoms with Crippen LogP contribution >= 0.6 is 0 Å². The van der Waals surface area contributed by atoms with Gasteiger partial charge in [0.1, 0.15) is 11.6 Å². The van der Waals surface area contributed by atoms with Crippen molar-refractivity contribution in [3.8, 4) is 0 Å². The van der Waals surface area contributed by atoms with Crippen LogP contribution in [-0.4, -0.2) is 68.0 Å². The van der Waals surface area contributed by atoms with Gasteiger partial charge in [-0.2, -0.15) is 0 Å². The average Bonchev–Trinajstić information content (AvgIpc) is 3.05. The van der Waals surface area contributed by atoms with Crippen molar-refractivity contribution in [3.63, 3.8) is 0 Å². The molecule has 6 nitrogen and oxygen atoms in total. The molecular formula is C20H35N5O. The highest BCUT2D eigenvalue weighted by atomic mass is 16.3. The van der Waals surface area contributed by atoms with Crippen LogP contribution in [-0.2, 0) is 13.6 Å². The Balaban J connectivity index is 1.38. The van der Waals surface area contributed by atoms with E-state index in [4.69, 9.17) is 0 Å². The van der Waals surface area contributed by atoms with E-state index >= 15 is 0 Å². The van der Waals surface area contributed by atoms with Crippen LogP contribution in [0.5, 0.6) is 0 Å². The molecule has 1 aromatic heterocycles. The van der Waals surface area contributed by atoms with E-state index in [1.807, 2.05) is 0 Å². The Kier molecular flexibility index (Phi) is 5.91. The maximum absolute atomic E-state index is 9.69. The molecule has 3 fully saturated rings. The molecule has 3 heterocycles. The summed E-state index contributed by atoms with van der Waals surface area (Å²) in [4.78, 5) is 5.14. The standard InChI is InChI=1S/C20H35N5O/c1-23-19(15-24-12-9-18(26)10-13-24)21-22-20(23)16-6-5-11-25(14-16)17-7-3-2-4-8-17/h16-18,26H,2-15H2,1H3/t16-/m0/s1. The van der Waals surface area contributed by atoms with Crippen LogP contribution in [0, 0.1) is 0 Å². The number of hydrogen-bond donors (Lipinski definition) is 1. The molecule has 1 aliphatic carbocycles. The number of hydrogen-bond acceptors (Lipinski definition) is 5. The zero-order chi connectivity index (χ0) is 17.9. The molecule has 0 radical (unpaired) electrons. The largest absolute Gasteiger partial charge is 0.393 e. The molecule has 2 saturated heterocycles. The van der Waals surface area contributed by atoms with Gasteiger partial charge >= 0.3 is 0 Å². The summed E-state index contributed by atoms with van der Waals surface area (Å²) in [6, 6.07) is 0.805. The topological polar surface area (TPSA) is 57.4 Å². The average molecular weight is 362 g/mol. The molecule has 0 bridgehead atoms. The van der Waals surface area contributed by atoms with Gasteiger partial charge in [0, 0.05) is 38.6 Å². The summed E-state index contributed by atoms with van der Waals surface area (Å²) >= 11 is 0. The molecule has 4 rings (SSSR count). The van der Waals surface area contributed by atoms with Crippen molar-refractivity contribution in [2.24, 2.45) is 7.05 Å². The van der Waals surface area contributed by atoms with Crippen molar-refractivity contribution >= 4 is 0 Å². The molecule has 2 aliphatic heterocycles. The van der Waals surface area contributed by atoms with E-state index in [1.54, 1.807) is 0 Å². The van der Waals surface area contributed by atoms with Crippen molar-refractivity contribution < 1.29 is 5.11 Å². The SMILES string of the molecule is Cn1c(CN2CCC(O)CC2)nnc1[C@H]1CCCN(C2CCCCC2)C1. The van der Waals surface area contributed by atoms with Gasteiger partial charge in [0.25, 0.3) is 0 Å². The minimum atomic E-state index is -0.116. The number of likely N-dealkylation sites (tertiary alicyclic amines) is 2. The van der Waals surface area contributed by atoms with Gasteiger partial charge in [0.15, 0.2) is 0 Å². The molecule has 1 aromatic rings. The maximum Gasteiger partial charge on any atom is 0.146 e. The lowest BCUT2D eigenvalue weighted by Crippen LogP contribution is -2.43. The molecule has 6 heteroatoms. The Labute approximate surface area is 157 Å². The summed E-state index contributed by atoms with van der Waals surface area (Å²) in [5.41, 5.74) is 0. The van der Waals surface area contributed by atoms with E-state index in [9.17, 15) is 5.11 Å². The third kappa shape index (κ3) is 4.12. The van der Waals surface area contributed by atoms with Crippen molar-refractivity contribution in [2.45, 2.75) is 82.4 Å². The van der Waals surface area contributed by atoms with Crippen LogP contribution in [0.2, 0.25) is 0 Å². The van der Waals surface area contributed by atoms with Crippen molar-refractivity contribution in [1.29, 1.82) is 0 Å². The summed E-state index contributed by atoms with van der Waals surface area (Å²) < 4.78 is 2.25. The Hall–Kier alpha value is -0.980. The van der Waals surface area contributed by atoms with Crippen molar-refractivity contribution in [1.82, 2.24) is 24.6 Å². The molecule has 1 atom stereocenters. The van der Waals surface area contributed by atoms with Crippen LogP contribution in [0.4, 0.5) is 0 Å². The third-order valence-corrected chi connectivity index (χ3v) is 6.83. The molecule has 1 saturated carbocycles. The van der Waals surface area contributed by atoms with Gasteiger partial charge in [-0.15, -0.1) is 10.2 Å². The highest BCUT2D eigenvalue weighted by molar-refractivity contribution is 5.04. The summed E-state index contributed by atoms with van der Waals surface area (Å²) in [6.07, 6.45) is 11.2. The van der Waals surface area contributed by atoms with Gasteiger partial charge in [-0.25, -0.2) is 0 Å². The molecule has 0 amide bonds. The van der Waals surface area contributed by atoms with Gasteiger partial charge in [-0.1, -0.05) is 19.3 Å². The Morgan fingerprint density at radius 2 is 1.69 bits per heavy atom. The van der Waals surface area contributed by atoms with E-state index < -0.39 is 0 Å². The van der Waals surface area contributed by atoms with E-state index in [0.29, 0.717) is 5.92 Å². The van der Waals surface area contributed by atoms with Gasteiger partial charge in [0.2, 0.25) is 0 Å². The predicted octanol–water partition coefficient (Wildman–Crippen LogP) is 2.28. The quantitative estimate of drug-likeness (QED) is 0.892. The summed E-state index contributed by atoms with van der Waals surface area (Å²) in [6.45, 7) is 5.20. The molecule has 0 unspecified atom stereocenters. The second-order valence-electron chi connectivity index (χ2n) is 8.67. The van der Waals surface area contributed by atoms with Crippen molar-refractivity contribution in [2.75, 3.05) is 26.2 Å². The summed E-state index contributed by atoms with van der Waals surface area (Å²) in [7, 11) is 2.14. The van der Waals surface area contributed by atoms with Crippen LogP contribution in [0.25, 0.3) is 0 Å². The molecule has 146 valence electrons. The molecule has 0 aromatic carbocycles. The number of nitrogens with zero attached hydrogens (tertiary/aromatic N) is 5. The monoisotopic (exact) mass is 361 g/mol. The summed E-state index contributed by atoms with van der Waals surface area (Å²) in [5, 5.41) is 18.8. The zero-order valence-corrected chi connectivity index (χ0v) is 16.3. The fourth-order valence-corrected chi connectivity index (χ4v) is 5.14. The number of rotatable bonds is 4. The Bertz CT molecular complexity index is 575. The van der Waals surface area contributed by atoms with Gasteiger partial charge in [-0.05, 0) is 45.1 Å².